The maximum atomic E-state index is 11.9. The first-order valence-electron chi connectivity index (χ1n) is 7.13. The van der Waals surface area contributed by atoms with E-state index < -0.39 is 6.04 Å². The van der Waals surface area contributed by atoms with Crippen LogP contribution in [-0.2, 0) is 9.59 Å². The van der Waals surface area contributed by atoms with Gasteiger partial charge in [-0.3, -0.25) is 9.59 Å². The van der Waals surface area contributed by atoms with Crippen molar-refractivity contribution in [1.82, 2.24) is 16.0 Å². The van der Waals surface area contributed by atoms with E-state index >= 15 is 0 Å². The lowest BCUT2D eigenvalue weighted by atomic mass is 10.0. The molecule has 1 fully saturated rings. The van der Waals surface area contributed by atoms with Gasteiger partial charge in [0.25, 0.3) is 0 Å². The molecule has 5 nitrogen and oxygen atoms in total. The number of rotatable bonds is 4. The molecule has 0 aromatic rings. The Morgan fingerprint density at radius 3 is 2.53 bits per heavy atom. The van der Waals surface area contributed by atoms with Gasteiger partial charge in [0.1, 0.15) is 6.04 Å². The third-order valence-electron chi connectivity index (χ3n) is 3.11. The fourth-order valence-corrected chi connectivity index (χ4v) is 2.17. The number of carbonyl (C=O) groups excluding carboxylic acids is 2. The van der Waals surface area contributed by atoms with E-state index in [2.05, 4.69) is 16.0 Å². The highest BCUT2D eigenvalue weighted by molar-refractivity contribution is 5.87. The van der Waals surface area contributed by atoms with E-state index in [1.54, 1.807) is 6.92 Å². The molecule has 0 bridgehead atoms. The first-order chi connectivity index (χ1) is 8.78. The average molecular weight is 269 g/mol. The van der Waals surface area contributed by atoms with Gasteiger partial charge in [-0.2, -0.15) is 0 Å². The van der Waals surface area contributed by atoms with Crippen LogP contribution in [0.1, 0.15) is 53.4 Å². The fraction of sp³-hybridized carbons (Fsp3) is 0.857. The summed E-state index contributed by atoms with van der Waals surface area (Å²) in [6, 6.07) is -0.234. The summed E-state index contributed by atoms with van der Waals surface area (Å²) >= 11 is 0. The maximum absolute atomic E-state index is 11.9. The Balaban J connectivity index is 2.32. The molecule has 2 unspecified atom stereocenters. The van der Waals surface area contributed by atoms with Crippen LogP contribution in [0.2, 0.25) is 0 Å². The Labute approximate surface area is 115 Å². The molecule has 0 aliphatic carbocycles. The molecule has 5 heteroatoms. The molecule has 110 valence electrons. The summed E-state index contributed by atoms with van der Waals surface area (Å²) in [6.45, 7) is 8.47. The van der Waals surface area contributed by atoms with E-state index in [0.717, 1.165) is 13.0 Å². The summed E-state index contributed by atoms with van der Waals surface area (Å²) in [5.41, 5.74) is -0.277. The van der Waals surface area contributed by atoms with Gasteiger partial charge in [-0.05, 0) is 47.1 Å². The fourth-order valence-electron chi connectivity index (χ4n) is 2.17. The lowest BCUT2D eigenvalue weighted by Crippen LogP contribution is -2.51. The minimum Gasteiger partial charge on any atom is -0.350 e. The molecule has 1 aliphatic rings. The smallest absolute Gasteiger partial charge is 0.242 e. The zero-order valence-corrected chi connectivity index (χ0v) is 12.5. The molecule has 0 aromatic carbocycles. The van der Waals surface area contributed by atoms with E-state index in [4.69, 9.17) is 0 Å². The van der Waals surface area contributed by atoms with Gasteiger partial charge in [0, 0.05) is 18.0 Å². The van der Waals surface area contributed by atoms with Crippen molar-refractivity contribution < 1.29 is 9.59 Å². The summed E-state index contributed by atoms with van der Waals surface area (Å²) in [5.74, 6) is -0.201. The lowest BCUT2D eigenvalue weighted by molar-refractivity contribution is -0.129. The van der Waals surface area contributed by atoms with E-state index in [0.29, 0.717) is 6.42 Å². The quantitative estimate of drug-likeness (QED) is 0.711. The third-order valence-corrected chi connectivity index (χ3v) is 3.11. The second-order valence-electron chi connectivity index (χ2n) is 6.38. The van der Waals surface area contributed by atoms with Crippen molar-refractivity contribution in [2.45, 2.75) is 71.0 Å². The highest BCUT2D eigenvalue weighted by Gasteiger charge is 2.22. The van der Waals surface area contributed by atoms with Crippen molar-refractivity contribution >= 4 is 11.8 Å². The molecule has 2 amide bonds. The van der Waals surface area contributed by atoms with Gasteiger partial charge in [0.2, 0.25) is 11.8 Å². The summed E-state index contributed by atoms with van der Waals surface area (Å²) in [5, 5.41) is 8.95. The first kappa shape index (κ1) is 16.0. The van der Waals surface area contributed by atoms with Gasteiger partial charge in [-0.1, -0.05) is 6.42 Å². The zero-order chi connectivity index (χ0) is 14.5. The molecule has 2 atom stereocenters. The number of piperidine rings is 1. The van der Waals surface area contributed by atoms with E-state index in [-0.39, 0.29) is 23.4 Å². The molecule has 0 radical (unpaired) electrons. The second-order valence-corrected chi connectivity index (χ2v) is 6.38. The Morgan fingerprint density at radius 2 is 2.00 bits per heavy atom. The largest absolute Gasteiger partial charge is 0.350 e. The SMILES string of the molecule is CC(NC(=O)CC1CCCCN1)C(=O)NC(C)(C)C. The molecular formula is C14H27N3O2. The van der Waals surface area contributed by atoms with Crippen LogP contribution in [0, 0.1) is 0 Å². The van der Waals surface area contributed by atoms with Gasteiger partial charge in [0.05, 0.1) is 0 Å². The predicted octanol–water partition coefficient (Wildman–Crippen LogP) is 0.938. The summed E-state index contributed by atoms with van der Waals surface area (Å²) in [4.78, 5) is 23.7. The van der Waals surface area contributed by atoms with Gasteiger partial charge in [-0.15, -0.1) is 0 Å². The summed E-state index contributed by atoms with van der Waals surface area (Å²) in [7, 11) is 0. The summed E-state index contributed by atoms with van der Waals surface area (Å²) < 4.78 is 0. The topological polar surface area (TPSA) is 70.2 Å². The van der Waals surface area contributed by atoms with Crippen LogP contribution in [0.15, 0.2) is 0 Å². The average Bonchev–Trinajstić information content (AvgIpc) is 2.27. The molecule has 0 saturated carbocycles. The zero-order valence-electron chi connectivity index (χ0n) is 12.5. The highest BCUT2D eigenvalue weighted by Crippen LogP contribution is 2.10. The molecule has 0 aromatic heterocycles. The molecule has 1 saturated heterocycles. The number of nitrogens with one attached hydrogen (secondary N) is 3. The van der Waals surface area contributed by atoms with Crippen LogP contribution in [0.3, 0.4) is 0 Å². The predicted molar refractivity (Wildman–Crippen MR) is 75.8 cm³/mol. The van der Waals surface area contributed by atoms with Crippen molar-refractivity contribution in [3.63, 3.8) is 0 Å². The normalized spacial score (nSPS) is 21.6. The van der Waals surface area contributed by atoms with Crippen LogP contribution in [-0.4, -0.2) is 36.0 Å². The number of hydrogen-bond acceptors (Lipinski definition) is 3. The third kappa shape index (κ3) is 6.57. The Kier molecular flexibility index (Phi) is 5.79. The first-order valence-corrected chi connectivity index (χ1v) is 7.13. The van der Waals surface area contributed by atoms with Crippen molar-refractivity contribution in [2.75, 3.05) is 6.54 Å². The molecular weight excluding hydrogens is 242 g/mol. The van der Waals surface area contributed by atoms with Gasteiger partial charge in [0.15, 0.2) is 0 Å². The van der Waals surface area contributed by atoms with Crippen LogP contribution in [0.4, 0.5) is 0 Å². The van der Waals surface area contributed by atoms with Crippen molar-refractivity contribution in [1.29, 1.82) is 0 Å². The molecule has 19 heavy (non-hydrogen) atoms. The number of hydrogen-bond donors (Lipinski definition) is 3. The highest BCUT2D eigenvalue weighted by atomic mass is 16.2. The van der Waals surface area contributed by atoms with Crippen molar-refractivity contribution in [3.05, 3.63) is 0 Å². The Bertz CT molecular complexity index is 317. The van der Waals surface area contributed by atoms with E-state index in [1.807, 2.05) is 20.8 Å². The Morgan fingerprint density at radius 1 is 1.32 bits per heavy atom. The minimum absolute atomic E-state index is 0.0593. The van der Waals surface area contributed by atoms with Crippen LogP contribution >= 0.6 is 0 Å². The van der Waals surface area contributed by atoms with E-state index in [1.165, 1.54) is 12.8 Å². The van der Waals surface area contributed by atoms with Crippen molar-refractivity contribution in [3.8, 4) is 0 Å². The van der Waals surface area contributed by atoms with Gasteiger partial charge in [-0.25, -0.2) is 0 Å². The van der Waals surface area contributed by atoms with Crippen LogP contribution in [0.25, 0.3) is 0 Å². The number of amides is 2. The summed E-state index contributed by atoms with van der Waals surface area (Å²) in [6.07, 6.45) is 3.84. The van der Waals surface area contributed by atoms with Crippen LogP contribution in [0.5, 0.6) is 0 Å². The molecule has 1 rings (SSSR count). The minimum atomic E-state index is -0.490. The maximum Gasteiger partial charge on any atom is 0.242 e. The molecule has 3 N–H and O–H groups in total. The molecule has 0 spiro atoms. The molecule has 1 heterocycles. The lowest BCUT2D eigenvalue weighted by Gasteiger charge is -2.25. The molecule has 1 aliphatic heterocycles. The second kappa shape index (κ2) is 6.89. The monoisotopic (exact) mass is 269 g/mol. The standard InChI is InChI=1S/C14H27N3O2/c1-10(13(19)17-14(2,3)4)16-12(18)9-11-7-5-6-8-15-11/h10-11,15H,5-9H2,1-4H3,(H,16,18)(H,17,19). The van der Waals surface area contributed by atoms with Crippen LogP contribution < -0.4 is 16.0 Å². The number of carbonyl (C=O) groups is 2. The van der Waals surface area contributed by atoms with Gasteiger partial charge >= 0.3 is 0 Å². The van der Waals surface area contributed by atoms with E-state index in [9.17, 15) is 9.59 Å². The van der Waals surface area contributed by atoms with Gasteiger partial charge < -0.3 is 16.0 Å². The Hall–Kier alpha value is -1.10. The van der Waals surface area contributed by atoms with Crippen molar-refractivity contribution in [2.24, 2.45) is 0 Å².